The third-order valence-electron chi connectivity index (χ3n) is 2.43. The topological polar surface area (TPSA) is 79.1 Å². The van der Waals surface area contributed by atoms with Gasteiger partial charge in [-0.25, -0.2) is 4.79 Å². The lowest BCUT2D eigenvalue weighted by Crippen LogP contribution is -2.14. The molecule has 0 spiro atoms. The molecule has 0 bridgehead atoms. The van der Waals surface area contributed by atoms with Crippen LogP contribution in [0.15, 0.2) is 23.4 Å². The second-order valence-corrected chi connectivity index (χ2v) is 4.93. The fourth-order valence-corrected chi connectivity index (χ4v) is 1.43. The summed E-state index contributed by atoms with van der Waals surface area (Å²) in [7, 11) is 0. The molecule has 0 unspecified atom stereocenters. The van der Waals surface area contributed by atoms with Gasteiger partial charge in [-0.2, -0.15) is 0 Å². The van der Waals surface area contributed by atoms with Crippen LogP contribution >= 0.6 is 0 Å². The van der Waals surface area contributed by atoms with Crippen LogP contribution < -0.4 is 4.74 Å². The monoisotopic (exact) mass is 251 g/mol. The van der Waals surface area contributed by atoms with E-state index in [1.54, 1.807) is 12.1 Å². The van der Waals surface area contributed by atoms with Crippen LogP contribution in [0.3, 0.4) is 0 Å². The molecule has 18 heavy (non-hydrogen) atoms. The summed E-state index contributed by atoms with van der Waals surface area (Å²) in [6.07, 6.45) is 1.21. The number of carboxylic acid groups (broad SMARTS) is 1. The van der Waals surface area contributed by atoms with Gasteiger partial charge in [0.2, 0.25) is 0 Å². The number of ether oxygens (including phenoxy) is 1. The highest BCUT2D eigenvalue weighted by Crippen LogP contribution is 2.28. The van der Waals surface area contributed by atoms with Crippen molar-refractivity contribution in [2.45, 2.75) is 26.2 Å². The predicted octanol–water partition coefficient (Wildman–Crippen LogP) is 2.26. The number of rotatable bonds is 4. The molecule has 1 aromatic carbocycles. The van der Waals surface area contributed by atoms with Crippen LogP contribution in [0, 0.1) is 0 Å². The van der Waals surface area contributed by atoms with Crippen LogP contribution in [0.5, 0.6) is 5.75 Å². The van der Waals surface area contributed by atoms with Crippen molar-refractivity contribution in [2.75, 3.05) is 6.61 Å². The zero-order chi connectivity index (χ0) is 13.8. The molecule has 0 radical (unpaired) electrons. The molecule has 0 atom stereocenters. The molecule has 0 aliphatic heterocycles. The molecule has 5 nitrogen and oxygen atoms in total. The number of aliphatic carboxylic acids is 1. The van der Waals surface area contributed by atoms with E-state index in [0.717, 1.165) is 5.56 Å². The second kappa shape index (κ2) is 5.53. The summed E-state index contributed by atoms with van der Waals surface area (Å²) >= 11 is 0. The second-order valence-electron chi connectivity index (χ2n) is 4.93. The van der Waals surface area contributed by atoms with Gasteiger partial charge in [0.05, 0.1) is 6.21 Å². The normalized spacial score (nSPS) is 11.7. The lowest BCUT2D eigenvalue weighted by molar-refractivity contribution is -0.139. The van der Waals surface area contributed by atoms with E-state index >= 15 is 0 Å². The van der Waals surface area contributed by atoms with Gasteiger partial charge in [0.15, 0.2) is 6.61 Å². The summed E-state index contributed by atoms with van der Waals surface area (Å²) in [5, 5.41) is 20.1. The largest absolute Gasteiger partial charge is 0.481 e. The minimum atomic E-state index is -1.05. The quantitative estimate of drug-likeness (QED) is 0.488. The van der Waals surface area contributed by atoms with Crippen LogP contribution in [0.4, 0.5) is 0 Å². The molecule has 0 saturated carbocycles. The third-order valence-corrected chi connectivity index (χ3v) is 2.43. The zero-order valence-electron chi connectivity index (χ0n) is 10.7. The number of oxime groups is 1. The van der Waals surface area contributed by atoms with Crippen LogP contribution in [-0.2, 0) is 10.2 Å². The van der Waals surface area contributed by atoms with Crippen molar-refractivity contribution in [2.24, 2.45) is 5.16 Å². The van der Waals surface area contributed by atoms with Gasteiger partial charge in [0.25, 0.3) is 0 Å². The molecule has 1 aromatic rings. The van der Waals surface area contributed by atoms with Crippen LogP contribution in [0.25, 0.3) is 0 Å². The number of nitrogens with zero attached hydrogens (tertiary/aromatic N) is 1. The van der Waals surface area contributed by atoms with E-state index in [0.29, 0.717) is 11.3 Å². The lowest BCUT2D eigenvalue weighted by atomic mass is 9.86. The Balaban J connectivity index is 3.11. The molecule has 0 aliphatic carbocycles. The fraction of sp³-hybridized carbons (Fsp3) is 0.385. The van der Waals surface area contributed by atoms with E-state index in [1.807, 2.05) is 26.8 Å². The van der Waals surface area contributed by atoms with Gasteiger partial charge in [-0.1, -0.05) is 32.0 Å². The van der Waals surface area contributed by atoms with E-state index in [-0.39, 0.29) is 5.41 Å². The molecule has 98 valence electrons. The van der Waals surface area contributed by atoms with Crippen molar-refractivity contribution in [3.63, 3.8) is 0 Å². The molecular weight excluding hydrogens is 234 g/mol. The molecule has 0 saturated heterocycles. The van der Waals surface area contributed by atoms with Gasteiger partial charge in [0.1, 0.15) is 5.75 Å². The molecule has 0 aliphatic rings. The van der Waals surface area contributed by atoms with Crippen molar-refractivity contribution in [3.05, 3.63) is 29.3 Å². The Kier molecular flexibility index (Phi) is 4.31. The smallest absolute Gasteiger partial charge is 0.341 e. The Morgan fingerprint density at radius 1 is 1.44 bits per heavy atom. The Labute approximate surface area is 106 Å². The molecule has 0 heterocycles. The Morgan fingerprint density at radius 2 is 2.11 bits per heavy atom. The first-order valence-corrected chi connectivity index (χ1v) is 5.51. The molecule has 2 N–H and O–H groups in total. The maximum atomic E-state index is 10.5. The van der Waals surface area contributed by atoms with E-state index in [4.69, 9.17) is 15.1 Å². The summed E-state index contributed by atoms with van der Waals surface area (Å²) in [6.45, 7) is 5.70. The number of benzene rings is 1. The van der Waals surface area contributed by atoms with E-state index in [9.17, 15) is 4.79 Å². The predicted molar refractivity (Wildman–Crippen MR) is 67.7 cm³/mol. The average molecular weight is 251 g/mol. The molecule has 1 rings (SSSR count). The summed E-state index contributed by atoms with van der Waals surface area (Å²) in [4.78, 5) is 10.5. The van der Waals surface area contributed by atoms with Gasteiger partial charge in [0, 0.05) is 5.56 Å². The van der Waals surface area contributed by atoms with E-state index in [1.165, 1.54) is 6.21 Å². The Bertz CT molecular complexity index is 461. The van der Waals surface area contributed by atoms with Crippen molar-refractivity contribution < 1.29 is 19.8 Å². The molecule has 0 aromatic heterocycles. The van der Waals surface area contributed by atoms with Gasteiger partial charge in [-0.3, -0.25) is 0 Å². The first-order valence-electron chi connectivity index (χ1n) is 5.51. The fourth-order valence-electron chi connectivity index (χ4n) is 1.43. The van der Waals surface area contributed by atoms with Crippen molar-refractivity contribution in [3.8, 4) is 5.75 Å². The first kappa shape index (κ1) is 14.0. The number of hydrogen-bond acceptors (Lipinski definition) is 4. The van der Waals surface area contributed by atoms with E-state index in [2.05, 4.69) is 5.16 Å². The molecule has 0 fully saturated rings. The van der Waals surface area contributed by atoms with Crippen LogP contribution in [0.2, 0.25) is 0 Å². The Hall–Kier alpha value is -2.04. The summed E-state index contributed by atoms with van der Waals surface area (Å²) in [5.41, 5.74) is 1.47. The van der Waals surface area contributed by atoms with Gasteiger partial charge in [-0.05, 0) is 23.1 Å². The van der Waals surface area contributed by atoms with Gasteiger partial charge >= 0.3 is 5.97 Å². The number of carboxylic acids is 1. The zero-order valence-corrected chi connectivity index (χ0v) is 10.7. The lowest BCUT2D eigenvalue weighted by Gasteiger charge is -2.20. The van der Waals surface area contributed by atoms with Crippen molar-refractivity contribution >= 4 is 12.2 Å². The van der Waals surface area contributed by atoms with Crippen LogP contribution in [-0.4, -0.2) is 29.1 Å². The highest BCUT2D eigenvalue weighted by molar-refractivity contribution is 5.83. The summed E-state index contributed by atoms with van der Waals surface area (Å²) < 4.78 is 5.19. The highest BCUT2D eigenvalue weighted by atomic mass is 16.5. The summed E-state index contributed by atoms with van der Waals surface area (Å²) in [6, 6.07) is 5.39. The molecular formula is C13H17NO4. The van der Waals surface area contributed by atoms with Gasteiger partial charge < -0.3 is 15.1 Å². The maximum absolute atomic E-state index is 10.5. The van der Waals surface area contributed by atoms with Crippen molar-refractivity contribution in [1.29, 1.82) is 0 Å². The minimum absolute atomic E-state index is 0.0732. The third kappa shape index (κ3) is 3.76. The number of hydrogen-bond donors (Lipinski definition) is 2. The van der Waals surface area contributed by atoms with Crippen molar-refractivity contribution in [1.82, 2.24) is 0 Å². The van der Waals surface area contributed by atoms with Gasteiger partial charge in [-0.15, -0.1) is 0 Å². The first-order chi connectivity index (χ1) is 8.34. The molecule has 0 amide bonds. The van der Waals surface area contributed by atoms with Crippen LogP contribution in [0.1, 0.15) is 31.9 Å². The average Bonchev–Trinajstić information content (AvgIpc) is 2.26. The highest BCUT2D eigenvalue weighted by Gasteiger charge is 2.16. The summed E-state index contributed by atoms with van der Waals surface area (Å²) in [5.74, 6) is -0.661. The number of carbonyl (C=O) groups is 1. The maximum Gasteiger partial charge on any atom is 0.341 e. The Morgan fingerprint density at radius 3 is 2.61 bits per heavy atom. The SMILES string of the molecule is CC(C)(C)c1ccc(C=NO)c(OCC(=O)O)c1. The standard InChI is InChI=1S/C13H17NO4/c1-13(2,3)10-5-4-9(7-14-17)11(6-10)18-8-12(15)16/h4-7,17H,8H2,1-3H3,(H,15,16). The van der Waals surface area contributed by atoms with E-state index < -0.39 is 12.6 Å². The minimum Gasteiger partial charge on any atom is -0.481 e. The molecule has 5 heteroatoms.